The summed E-state index contributed by atoms with van der Waals surface area (Å²) < 4.78 is 5.17. The Hall–Kier alpha value is -3.15. The molecule has 6 heteroatoms. The molecule has 3 rings (SSSR count). The molecule has 0 aliphatic carbocycles. The minimum atomic E-state index is -0.855. The van der Waals surface area contributed by atoms with Gasteiger partial charge in [0.1, 0.15) is 6.04 Å². The van der Waals surface area contributed by atoms with Crippen LogP contribution >= 0.6 is 0 Å². The molecule has 2 aromatic carbocycles. The third-order valence-electron chi connectivity index (χ3n) is 4.87. The highest BCUT2D eigenvalue weighted by molar-refractivity contribution is 5.98. The topological polar surface area (TPSA) is 75.7 Å². The normalized spacial score (nSPS) is 16.6. The van der Waals surface area contributed by atoms with E-state index in [9.17, 15) is 14.4 Å². The van der Waals surface area contributed by atoms with Crippen molar-refractivity contribution >= 4 is 23.5 Å². The van der Waals surface area contributed by atoms with Crippen molar-refractivity contribution in [3.63, 3.8) is 0 Å². The van der Waals surface area contributed by atoms with Crippen molar-refractivity contribution in [2.75, 3.05) is 11.5 Å². The predicted molar refractivity (Wildman–Crippen MR) is 106 cm³/mol. The fourth-order valence-corrected chi connectivity index (χ4v) is 3.32. The van der Waals surface area contributed by atoms with E-state index in [2.05, 4.69) is 5.32 Å². The van der Waals surface area contributed by atoms with Gasteiger partial charge in [-0.05, 0) is 50.5 Å². The number of carbonyl (C=O) groups excluding carboxylic acids is 3. The van der Waals surface area contributed by atoms with Crippen LogP contribution in [0.1, 0.15) is 36.2 Å². The van der Waals surface area contributed by atoms with Crippen molar-refractivity contribution in [1.29, 1.82) is 0 Å². The Morgan fingerprint density at radius 2 is 1.79 bits per heavy atom. The van der Waals surface area contributed by atoms with Crippen LogP contribution in [0, 0.1) is 0 Å². The fourth-order valence-electron chi connectivity index (χ4n) is 3.32. The van der Waals surface area contributed by atoms with Crippen molar-refractivity contribution in [2.24, 2.45) is 0 Å². The summed E-state index contributed by atoms with van der Waals surface area (Å²) in [7, 11) is 0. The lowest BCUT2D eigenvalue weighted by Gasteiger charge is -2.35. The van der Waals surface area contributed by atoms with Crippen LogP contribution in [-0.2, 0) is 20.7 Å². The summed E-state index contributed by atoms with van der Waals surface area (Å²) in [4.78, 5) is 38.7. The molecular weight excluding hydrogens is 356 g/mol. The first-order chi connectivity index (χ1) is 13.5. The minimum absolute atomic E-state index is 0.0382. The molecular formula is C22H24N2O4. The first kappa shape index (κ1) is 19.6. The van der Waals surface area contributed by atoms with Gasteiger partial charge < -0.3 is 15.0 Å². The molecule has 146 valence electrons. The lowest BCUT2D eigenvalue weighted by Crippen LogP contribution is -2.45. The van der Waals surface area contributed by atoms with Crippen LogP contribution in [0.3, 0.4) is 0 Å². The molecule has 0 saturated carbocycles. The number of benzene rings is 2. The van der Waals surface area contributed by atoms with E-state index in [0.717, 1.165) is 24.1 Å². The number of rotatable bonds is 5. The lowest BCUT2D eigenvalue weighted by atomic mass is 9.96. The van der Waals surface area contributed by atoms with Gasteiger partial charge in [0.2, 0.25) is 0 Å². The van der Waals surface area contributed by atoms with Gasteiger partial charge in [-0.2, -0.15) is 0 Å². The highest BCUT2D eigenvalue weighted by Gasteiger charge is 2.29. The maximum absolute atomic E-state index is 12.7. The molecule has 2 aromatic rings. The molecule has 1 N–H and O–H groups in total. The van der Waals surface area contributed by atoms with Crippen molar-refractivity contribution in [3.8, 4) is 0 Å². The Labute approximate surface area is 164 Å². The van der Waals surface area contributed by atoms with E-state index in [1.807, 2.05) is 31.2 Å². The van der Waals surface area contributed by atoms with Gasteiger partial charge in [-0.25, -0.2) is 4.79 Å². The summed E-state index contributed by atoms with van der Waals surface area (Å²) in [6.07, 6.45) is 1.78. The van der Waals surface area contributed by atoms with Crippen molar-refractivity contribution in [3.05, 3.63) is 65.7 Å². The first-order valence-electron chi connectivity index (χ1n) is 9.40. The quantitative estimate of drug-likeness (QED) is 0.810. The number of carbonyl (C=O) groups is 3. The molecule has 1 aliphatic heterocycles. The molecule has 2 amide bonds. The number of ether oxygens (including phenoxy) is 1. The van der Waals surface area contributed by atoms with Gasteiger partial charge in [0.15, 0.2) is 6.61 Å². The fraction of sp³-hybridized carbons (Fsp3) is 0.318. The molecule has 1 unspecified atom stereocenters. The first-order valence-corrected chi connectivity index (χ1v) is 9.40. The Morgan fingerprint density at radius 3 is 2.54 bits per heavy atom. The largest absolute Gasteiger partial charge is 0.454 e. The van der Waals surface area contributed by atoms with Crippen molar-refractivity contribution in [2.45, 2.75) is 38.8 Å². The highest BCUT2D eigenvalue weighted by Crippen LogP contribution is 2.30. The van der Waals surface area contributed by atoms with Gasteiger partial charge in [-0.15, -0.1) is 0 Å². The second kappa shape index (κ2) is 8.69. The zero-order valence-electron chi connectivity index (χ0n) is 16.1. The molecule has 0 radical (unpaired) electrons. The van der Waals surface area contributed by atoms with E-state index in [1.54, 1.807) is 35.2 Å². The molecule has 0 aromatic heterocycles. The monoisotopic (exact) mass is 380 g/mol. The Balaban J connectivity index is 1.57. The number of fused-ring (bicyclic) bond motifs is 1. The number of nitrogens with zero attached hydrogens (tertiary/aromatic N) is 1. The Morgan fingerprint density at radius 1 is 1.11 bits per heavy atom. The summed E-state index contributed by atoms with van der Waals surface area (Å²) in [5.74, 6) is -1.28. The van der Waals surface area contributed by atoms with E-state index >= 15 is 0 Å². The van der Waals surface area contributed by atoms with Gasteiger partial charge in [0, 0.05) is 17.3 Å². The van der Waals surface area contributed by atoms with Gasteiger partial charge in [0.05, 0.1) is 0 Å². The molecule has 0 saturated heterocycles. The third-order valence-corrected chi connectivity index (χ3v) is 4.87. The number of anilines is 1. The molecule has 0 spiro atoms. The maximum Gasteiger partial charge on any atom is 0.328 e. The van der Waals surface area contributed by atoms with Crippen LogP contribution in [0.5, 0.6) is 0 Å². The second-order valence-electron chi connectivity index (χ2n) is 6.95. The van der Waals surface area contributed by atoms with E-state index in [1.165, 1.54) is 6.92 Å². The van der Waals surface area contributed by atoms with Crippen molar-refractivity contribution < 1.29 is 19.1 Å². The summed E-state index contributed by atoms with van der Waals surface area (Å²) in [6, 6.07) is 15.6. The SMILES string of the molecule is CC1CCc2ccccc2N1C(=O)COC(=O)[C@H](C)NC(=O)c1ccccc1. The molecule has 1 heterocycles. The zero-order chi connectivity index (χ0) is 20.1. The zero-order valence-corrected chi connectivity index (χ0v) is 16.1. The van der Waals surface area contributed by atoms with E-state index in [4.69, 9.17) is 4.74 Å². The van der Waals surface area contributed by atoms with Crippen LogP contribution in [0.4, 0.5) is 5.69 Å². The predicted octanol–water partition coefficient (Wildman–Crippen LogP) is 2.72. The van der Waals surface area contributed by atoms with Crippen molar-refractivity contribution in [1.82, 2.24) is 5.32 Å². The molecule has 0 bridgehead atoms. The summed E-state index contributed by atoms with van der Waals surface area (Å²) >= 11 is 0. The average molecular weight is 380 g/mol. The summed E-state index contributed by atoms with van der Waals surface area (Å²) in [5, 5.41) is 2.59. The van der Waals surface area contributed by atoms with Crippen LogP contribution < -0.4 is 10.2 Å². The molecule has 2 atom stereocenters. The highest BCUT2D eigenvalue weighted by atomic mass is 16.5. The van der Waals surface area contributed by atoms with Gasteiger partial charge in [-0.1, -0.05) is 36.4 Å². The maximum atomic E-state index is 12.7. The van der Waals surface area contributed by atoms with Crippen LogP contribution in [0.2, 0.25) is 0 Å². The van der Waals surface area contributed by atoms with Gasteiger partial charge >= 0.3 is 5.97 Å². The number of aryl methyl sites for hydroxylation is 1. The van der Waals surface area contributed by atoms with Gasteiger partial charge in [0.25, 0.3) is 11.8 Å². The number of hydrogen-bond acceptors (Lipinski definition) is 4. The number of esters is 1. The molecule has 6 nitrogen and oxygen atoms in total. The van der Waals surface area contributed by atoms with Gasteiger partial charge in [-0.3, -0.25) is 9.59 Å². The van der Waals surface area contributed by atoms with E-state index in [-0.39, 0.29) is 24.5 Å². The molecule has 28 heavy (non-hydrogen) atoms. The van der Waals surface area contributed by atoms with E-state index < -0.39 is 12.0 Å². The lowest BCUT2D eigenvalue weighted by molar-refractivity contribution is -0.149. The number of para-hydroxylation sites is 1. The minimum Gasteiger partial charge on any atom is -0.454 e. The number of hydrogen-bond donors (Lipinski definition) is 1. The Bertz CT molecular complexity index is 866. The summed E-state index contributed by atoms with van der Waals surface area (Å²) in [5.41, 5.74) is 2.44. The Kier molecular flexibility index (Phi) is 6.09. The third kappa shape index (κ3) is 4.39. The van der Waals surface area contributed by atoms with E-state index in [0.29, 0.717) is 5.56 Å². The smallest absolute Gasteiger partial charge is 0.328 e. The average Bonchev–Trinajstić information content (AvgIpc) is 2.72. The molecule has 0 fully saturated rings. The second-order valence-corrected chi connectivity index (χ2v) is 6.95. The number of amides is 2. The van der Waals surface area contributed by atoms with Crippen LogP contribution in [0.25, 0.3) is 0 Å². The van der Waals surface area contributed by atoms with Crippen LogP contribution in [0.15, 0.2) is 54.6 Å². The van der Waals surface area contributed by atoms with Crippen LogP contribution in [-0.4, -0.2) is 36.5 Å². The molecule has 1 aliphatic rings. The number of nitrogens with one attached hydrogen (secondary N) is 1. The summed E-state index contributed by atoms with van der Waals surface area (Å²) in [6.45, 7) is 3.16. The standard InChI is InChI=1S/C22H24N2O4/c1-15-12-13-17-8-6-7-11-19(17)24(15)20(25)14-28-22(27)16(2)23-21(26)18-9-4-3-5-10-18/h3-11,15-16H,12-14H2,1-2H3,(H,23,26)/t15?,16-/m0/s1.